The van der Waals surface area contributed by atoms with Crippen LogP contribution in [0.3, 0.4) is 0 Å². The lowest BCUT2D eigenvalue weighted by molar-refractivity contribution is -0.137. The summed E-state index contributed by atoms with van der Waals surface area (Å²) < 4.78 is 40.0. The standard InChI is InChI=1S/C24H25F3N2O/c1-16-9-11-29(12-10-16)23(30)14-20(17-5-4-6-18(13-17)24(25,26)27)21-15-28-22-8-3-2-7-19(21)22/h2-8,13,15-16,20,28H,9-12,14H2,1H3/t20-/m1/s1. The highest BCUT2D eigenvalue weighted by Gasteiger charge is 2.32. The number of halogens is 3. The van der Waals surface area contributed by atoms with Crippen LogP contribution >= 0.6 is 0 Å². The van der Waals surface area contributed by atoms with Crippen LogP contribution in [0.5, 0.6) is 0 Å². The minimum Gasteiger partial charge on any atom is -0.361 e. The van der Waals surface area contributed by atoms with Crippen molar-refractivity contribution < 1.29 is 18.0 Å². The third kappa shape index (κ3) is 4.23. The number of H-pyrrole nitrogens is 1. The lowest BCUT2D eigenvalue weighted by atomic mass is 9.86. The van der Waals surface area contributed by atoms with Gasteiger partial charge in [-0.15, -0.1) is 0 Å². The molecule has 6 heteroatoms. The zero-order chi connectivity index (χ0) is 21.3. The Balaban J connectivity index is 1.71. The quantitative estimate of drug-likeness (QED) is 0.561. The molecule has 1 aliphatic heterocycles. The van der Waals surface area contributed by atoms with Gasteiger partial charge in [-0.3, -0.25) is 4.79 Å². The van der Waals surface area contributed by atoms with E-state index in [0.29, 0.717) is 24.6 Å². The second-order valence-corrected chi connectivity index (χ2v) is 8.23. The van der Waals surface area contributed by atoms with Gasteiger partial charge in [0.05, 0.1) is 5.56 Å². The summed E-state index contributed by atoms with van der Waals surface area (Å²) in [6.07, 6.45) is -0.521. The molecule has 30 heavy (non-hydrogen) atoms. The molecule has 0 saturated carbocycles. The fraction of sp³-hybridized carbons (Fsp3) is 0.375. The molecule has 0 spiro atoms. The van der Waals surface area contributed by atoms with E-state index in [1.54, 1.807) is 6.07 Å². The predicted molar refractivity (Wildman–Crippen MR) is 111 cm³/mol. The summed E-state index contributed by atoms with van der Waals surface area (Å²) in [6, 6.07) is 13.0. The molecule has 4 rings (SSSR count). The number of nitrogens with one attached hydrogen (secondary N) is 1. The molecule has 0 radical (unpaired) electrons. The Morgan fingerprint density at radius 3 is 2.60 bits per heavy atom. The molecule has 1 amide bonds. The molecule has 0 unspecified atom stereocenters. The van der Waals surface area contributed by atoms with E-state index in [-0.39, 0.29) is 12.3 Å². The minimum absolute atomic E-state index is 0.00501. The van der Waals surface area contributed by atoms with E-state index < -0.39 is 17.7 Å². The maximum atomic E-state index is 13.3. The molecule has 2 aromatic carbocycles. The number of hydrogen-bond donors (Lipinski definition) is 1. The van der Waals surface area contributed by atoms with Crippen molar-refractivity contribution in [2.24, 2.45) is 5.92 Å². The second-order valence-electron chi connectivity index (χ2n) is 8.23. The number of aromatic amines is 1. The summed E-state index contributed by atoms with van der Waals surface area (Å²) in [6.45, 7) is 3.60. The van der Waals surface area contributed by atoms with E-state index in [4.69, 9.17) is 0 Å². The fourth-order valence-corrected chi connectivity index (χ4v) is 4.28. The first-order valence-corrected chi connectivity index (χ1v) is 10.3. The molecule has 0 bridgehead atoms. The highest BCUT2D eigenvalue weighted by Crippen LogP contribution is 2.37. The van der Waals surface area contributed by atoms with Gasteiger partial charge in [-0.25, -0.2) is 0 Å². The Bertz CT molecular complexity index is 1030. The van der Waals surface area contributed by atoms with E-state index in [2.05, 4.69) is 11.9 Å². The van der Waals surface area contributed by atoms with Crippen LogP contribution in [0.15, 0.2) is 54.7 Å². The molecule has 1 aliphatic rings. The largest absolute Gasteiger partial charge is 0.416 e. The Kier molecular flexibility index (Phi) is 5.58. The molecule has 1 saturated heterocycles. The smallest absolute Gasteiger partial charge is 0.361 e. The first-order chi connectivity index (χ1) is 14.3. The number of nitrogens with zero attached hydrogens (tertiary/aromatic N) is 1. The van der Waals surface area contributed by atoms with Crippen molar-refractivity contribution in [3.8, 4) is 0 Å². The van der Waals surface area contributed by atoms with Gasteiger partial charge in [0.25, 0.3) is 0 Å². The lowest BCUT2D eigenvalue weighted by Gasteiger charge is -2.31. The monoisotopic (exact) mass is 414 g/mol. The van der Waals surface area contributed by atoms with Crippen molar-refractivity contribution in [1.82, 2.24) is 9.88 Å². The van der Waals surface area contributed by atoms with Crippen molar-refractivity contribution in [3.63, 3.8) is 0 Å². The van der Waals surface area contributed by atoms with Crippen LogP contribution in [0.2, 0.25) is 0 Å². The molecule has 0 aliphatic carbocycles. The van der Waals surface area contributed by atoms with Gasteiger partial charge in [-0.1, -0.05) is 43.3 Å². The molecule has 2 heterocycles. The van der Waals surface area contributed by atoms with Crippen LogP contribution < -0.4 is 0 Å². The normalized spacial score (nSPS) is 16.7. The molecule has 158 valence electrons. The van der Waals surface area contributed by atoms with Gasteiger partial charge in [-0.2, -0.15) is 13.2 Å². The van der Waals surface area contributed by atoms with Gasteiger partial charge in [-0.05, 0) is 42.0 Å². The van der Waals surface area contributed by atoms with Crippen LogP contribution in [0.25, 0.3) is 10.9 Å². The zero-order valence-electron chi connectivity index (χ0n) is 16.9. The summed E-state index contributed by atoms with van der Waals surface area (Å²) in [5.41, 5.74) is 1.57. The second kappa shape index (κ2) is 8.17. The number of benzene rings is 2. The molecule has 1 fully saturated rings. The van der Waals surface area contributed by atoms with E-state index in [0.717, 1.165) is 35.4 Å². The number of carbonyl (C=O) groups is 1. The summed E-state index contributed by atoms with van der Waals surface area (Å²) >= 11 is 0. The summed E-state index contributed by atoms with van der Waals surface area (Å²) in [5, 5.41) is 0.931. The van der Waals surface area contributed by atoms with Gasteiger partial charge in [0.15, 0.2) is 0 Å². The summed E-state index contributed by atoms with van der Waals surface area (Å²) in [7, 11) is 0. The van der Waals surface area contributed by atoms with Gasteiger partial charge >= 0.3 is 6.18 Å². The summed E-state index contributed by atoms with van der Waals surface area (Å²) in [5.74, 6) is 0.145. The first-order valence-electron chi connectivity index (χ1n) is 10.3. The molecular formula is C24H25F3N2O. The average Bonchev–Trinajstić information content (AvgIpc) is 3.16. The number of rotatable bonds is 4. The minimum atomic E-state index is -4.42. The number of alkyl halides is 3. The molecule has 3 aromatic rings. The molecule has 1 N–H and O–H groups in total. The topological polar surface area (TPSA) is 36.1 Å². The number of fused-ring (bicyclic) bond motifs is 1. The van der Waals surface area contributed by atoms with Crippen molar-refractivity contribution in [2.75, 3.05) is 13.1 Å². The number of hydrogen-bond acceptors (Lipinski definition) is 1. The maximum Gasteiger partial charge on any atom is 0.416 e. The predicted octanol–water partition coefficient (Wildman–Crippen LogP) is 5.97. The molecular weight excluding hydrogens is 389 g/mol. The van der Waals surface area contributed by atoms with Crippen LogP contribution in [-0.4, -0.2) is 28.9 Å². The number of para-hydroxylation sites is 1. The van der Waals surface area contributed by atoms with E-state index in [1.165, 1.54) is 12.1 Å². The maximum absolute atomic E-state index is 13.3. The van der Waals surface area contributed by atoms with Crippen LogP contribution in [0.1, 0.15) is 48.8 Å². The molecule has 1 atom stereocenters. The number of likely N-dealkylation sites (tertiary alicyclic amines) is 1. The fourth-order valence-electron chi connectivity index (χ4n) is 4.28. The SMILES string of the molecule is CC1CCN(C(=O)C[C@H](c2cccc(C(F)(F)F)c2)c2c[nH]c3ccccc23)CC1. The lowest BCUT2D eigenvalue weighted by Crippen LogP contribution is -2.38. The van der Waals surface area contributed by atoms with Gasteiger partial charge in [0, 0.05) is 42.5 Å². The van der Waals surface area contributed by atoms with E-state index >= 15 is 0 Å². The first kappa shape index (κ1) is 20.5. The number of piperidine rings is 1. The Hall–Kier alpha value is -2.76. The van der Waals surface area contributed by atoms with Crippen LogP contribution in [-0.2, 0) is 11.0 Å². The van der Waals surface area contributed by atoms with Crippen LogP contribution in [0, 0.1) is 5.92 Å². The highest BCUT2D eigenvalue weighted by atomic mass is 19.4. The van der Waals surface area contributed by atoms with Crippen molar-refractivity contribution in [1.29, 1.82) is 0 Å². The van der Waals surface area contributed by atoms with Gasteiger partial charge in [0.1, 0.15) is 0 Å². The Labute approximate surface area is 173 Å². The number of amides is 1. The third-order valence-electron chi connectivity index (χ3n) is 6.13. The van der Waals surface area contributed by atoms with Crippen molar-refractivity contribution in [3.05, 3.63) is 71.4 Å². The average molecular weight is 414 g/mol. The van der Waals surface area contributed by atoms with Gasteiger partial charge < -0.3 is 9.88 Å². The van der Waals surface area contributed by atoms with E-state index in [9.17, 15) is 18.0 Å². The van der Waals surface area contributed by atoms with Crippen molar-refractivity contribution in [2.45, 2.75) is 38.3 Å². The molecule has 1 aromatic heterocycles. The Morgan fingerprint density at radius 2 is 1.87 bits per heavy atom. The van der Waals surface area contributed by atoms with Crippen LogP contribution in [0.4, 0.5) is 13.2 Å². The molecule has 3 nitrogen and oxygen atoms in total. The van der Waals surface area contributed by atoms with E-state index in [1.807, 2.05) is 35.4 Å². The third-order valence-corrected chi connectivity index (χ3v) is 6.13. The Morgan fingerprint density at radius 1 is 1.13 bits per heavy atom. The number of carbonyl (C=O) groups excluding carboxylic acids is 1. The van der Waals surface area contributed by atoms with Gasteiger partial charge in [0.2, 0.25) is 5.91 Å². The summed E-state index contributed by atoms with van der Waals surface area (Å²) in [4.78, 5) is 18.1. The zero-order valence-corrected chi connectivity index (χ0v) is 16.9. The van der Waals surface area contributed by atoms with Crippen molar-refractivity contribution >= 4 is 16.8 Å². The number of aromatic nitrogens is 1. The highest BCUT2D eigenvalue weighted by molar-refractivity contribution is 5.86.